The number of amides is 3. The van der Waals surface area contributed by atoms with Crippen LogP contribution < -0.4 is 0 Å². The fourth-order valence-electron chi connectivity index (χ4n) is 2.67. The van der Waals surface area contributed by atoms with Crippen LogP contribution in [0.4, 0.5) is 9.18 Å². The number of halogens is 1. The van der Waals surface area contributed by atoms with Gasteiger partial charge in [0.15, 0.2) is 5.82 Å². The van der Waals surface area contributed by atoms with Gasteiger partial charge in [-0.1, -0.05) is 0 Å². The van der Waals surface area contributed by atoms with Gasteiger partial charge in [-0.2, -0.15) is 0 Å². The predicted molar refractivity (Wildman–Crippen MR) is 80.0 cm³/mol. The van der Waals surface area contributed by atoms with Gasteiger partial charge in [-0.05, 0) is 19.9 Å². The van der Waals surface area contributed by atoms with Crippen LogP contribution in [-0.4, -0.2) is 70.9 Å². The summed E-state index contributed by atoms with van der Waals surface area (Å²) in [5, 5.41) is 0. The molecule has 1 aliphatic heterocycles. The summed E-state index contributed by atoms with van der Waals surface area (Å²) in [6.45, 7) is 4.95. The first-order chi connectivity index (χ1) is 10.2. The molecule has 0 spiro atoms. The number of urea groups is 1. The number of carbonyl (C=O) groups excluding carboxylic acids is 2. The van der Waals surface area contributed by atoms with Gasteiger partial charge >= 0.3 is 6.03 Å². The first kappa shape index (κ1) is 16.2. The molecule has 0 aromatic carbocycles. The van der Waals surface area contributed by atoms with Crippen molar-refractivity contribution >= 4 is 11.9 Å². The van der Waals surface area contributed by atoms with E-state index in [1.807, 2.05) is 13.8 Å². The van der Waals surface area contributed by atoms with E-state index in [-0.39, 0.29) is 17.5 Å². The smallest absolute Gasteiger partial charge is 0.319 e. The highest BCUT2D eigenvalue weighted by atomic mass is 19.1. The topological polar surface area (TPSA) is 56.8 Å². The van der Waals surface area contributed by atoms with E-state index < -0.39 is 11.4 Å². The summed E-state index contributed by atoms with van der Waals surface area (Å²) in [4.78, 5) is 33.1. The molecule has 2 heterocycles. The van der Waals surface area contributed by atoms with Crippen LogP contribution in [0.1, 0.15) is 24.2 Å². The molecule has 1 aromatic heterocycles. The van der Waals surface area contributed by atoms with Gasteiger partial charge in [0.25, 0.3) is 5.91 Å². The summed E-state index contributed by atoms with van der Waals surface area (Å²) >= 11 is 0. The van der Waals surface area contributed by atoms with Crippen LogP contribution in [0.5, 0.6) is 0 Å². The summed E-state index contributed by atoms with van der Waals surface area (Å²) in [6, 6.07) is 1.29. The number of aromatic nitrogens is 1. The number of hydrogen-bond acceptors (Lipinski definition) is 3. The Balaban J connectivity index is 2.19. The maximum Gasteiger partial charge on any atom is 0.319 e. The molecule has 22 heavy (non-hydrogen) atoms. The Morgan fingerprint density at radius 3 is 2.55 bits per heavy atom. The monoisotopic (exact) mass is 308 g/mol. The fraction of sp³-hybridized carbons (Fsp3) is 0.533. The third-order valence-corrected chi connectivity index (χ3v) is 3.80. The first-order valence-corrected chi connectivity index (χ1v) is 7.12. The number of piperazine rings is 1. The van der Waals surface area contributed by atoms with Gasteiger partial charge in [0.2, 0.25) is 0 Å². The van der Waals surface area contributed by atoms with Gasteiger partial charge in [-0.3, -0.25) is 9.78 Å². The number of carbonyl (C=O) groups is 2. The Bertz CT molecular complexity index is 589. The Morgan fingerprint density at radius 1 is 1.32 bits per heavy atom. The SMILES string of the molecule is CN(C)C(=O)N1CCN(C(=O)c2ccncc2F)C(C)(C)C1. The van der Waals surface area contributed by atoms with E-state index in [4.69, 9.17) is 0 Å². The Kier molecular flexibility index (Phi) is 4.35. The molecule has 0 N–H and O–H groups in total. The van der Waals surface area contributed by atoms with E-state index in [0.717, 1.165) is 6.20 Å². The van der Waals surface area contributed by atoms with Gasteiger partial charge in [0.05, 0.1) is 17.3 Å². The summed E-state index contributed by atoms with van der Waals surface area (Å²) in [5.74, 6) is -1.00. The van der Waals surface area contributed by atoms with Crippen molar-refractivity contribution in [3.05, 3.63) is 29.8 Å². The van der Waals surface area contributed by atoms with Crippen LogP contribution in [0.3, 0.4) is 0 Å². The lowest BCUT2D eigenvalue weighted by molar-refractivity contribution is 0.0237. The van der Waals surface area contributed by atoms with Gasteiger partial charge in [0, 0.05) is 39.9 Å². The predicted octanol–water partition coefficient (Wildman–Crippen LogP) is 1.44. The first-order valence-electron chi connectivity index (χ1n) is 7.12. The molecular formula is C15H21FN4O2. The van der Waals surface area contributed by atoms with Crippen molar-refractivity contribution < 1.29 is 14.0 Å². The summed E-state index contributed by atoms with van der Waals surface area (Å²) in [7, 11) is 3.39. The van der Waals surface area contributed by atoms with Crippen LogP contribution >= 0.6 is 0 Å². The molecule has 1 saturated heterocycles. The van der Waals surface area contributed by atoms with Gasteiger partial charge < -0.3 is 14.7 Å². The van der Waals surface area contributed by atoms with Crippen LogP contribution in [0.25, 0.3) is 0 Å². The van der Waals surface area contributed by atoms with Crippen molar-refractivity contribution in [2.75, 3.05) is 33.7 Å². The summed E-state index contributed by atoms with van der Waals surface area (Å²) in [5.41, 5.74) is -0.563. The second-order valence-corrected chi connectivity index (χ2v) is 6.22. The molecule has 120 valence electrons. The van der Waals surface area contributed by atoms with Gasteiger partial charge in [0.1, 0.15) is 0 Å². The molecule has 6 nitrogen and oxygen atoms in total. The van der Waals surface area contributed by atoms with Crippen LogP contribution in [0.15, 0.2) is 18.5 Å². The van der Waals surface area contributed by atoms with Crippen molar-refractivity contribution in [1.82, 2.24) is 19.7 Å². The molecule has 3 amide bonds. The molecular weight excluding hydrogens is 287 g/mol. The highest BCUT2D eigenvalue weighted by Gasteiger charge is 2.39. The van der Waals surface area contributed by atoms with Crippen molar-refractivity contribution in [2.45, 2.75) is 19.4 Å². The Morgan fingerprint density at radius 2 is 2.00 bits per heavy atom. The van der Waals surface area contributed by atoms with Crippen molar-refractivity contribution in [3.8, 4) is 0 Å². The number of pyridine rings is 1. The molecule has 2 rings (SSSR count). The van der Waals surface area contributed by atoms with Crippen LogP contribution in [-0.2, 0) is 0 Å². The third kappa shape index (κ3) is 3.03. The minimum Gasteiger partial charge on any atom is -0.331 e. The van der Waals surface area contributed by atoms with E-state index in [1.165, 1.54) is 17.2 Å². The largest absolute Gasteiger partial charge is 0.331 e. The van der Waals surface area contributed by atoms with Crippen molar-refractivity contribution in [2.24, 2.45) is 0 Å². The molecule has 0 unspecified atom stereocenters. The number of rotatable bonds is 1. The van der Waals surface area contributed by atoms with Crippen LogP contribution in [0.2, 0.25) is 0 Å². The highest BCUT2D eigenvalue weighted by molar-refractivity contribution is 5.95. The molecule has 0 saturated carbocycles. The molecule has 0 atom stereocenters. The minimum absolute atomic E-state index is 0.00969. The molecule has 1 aliphatic rings. The maximum atomic E-state index is 13.8. The molecule has 1 aromatic rings. The van der Waals surface area contributed by atoms with E-state index >= 15 is 0 Å². The van der Waals surface area contributed by atoms with Gasteiger partial charge in [-0.15, -0.1) is 0 Å². The van der Waals surface area contributed by atoms with E-state index in [0.29, 0.717) is 19.6 Å². The standard InChI is InChI=1S/C15H21FN4O2/c1-15(2)10-19(14(22)18(3)4)7-8-20(15)13(21)11-5-6-17-9-12(11)16/h5-6,9H,7-8,10H2,1-4H3. The number of hydrogen-bond donors (Lipinski definition) is 0. The summed E-state index contributed by atoms with van der Waals surface area (Å²) < 4.78 is 13.8. The maximum absolute atomic E-state index is 13.8. The number of nitrogens with zero attached hydrogens (tertiary/aromatic N) is 4. The van der Waals surface area contributed by atoms with Crippen LogP contribution in [0, 0.1) is 5.82 Å². The average molecular weight is 308 g/mol. The second kappa shape index (κ2) is 5.90. The van der Waals surface area contributed by atoms with E-state index in [2.05, 4.69) is 4.98 Å². The third-order valence-electron chi connectivity index (χ3n) is 3.80. The zero-order valence-corrected chi connectivity index (χ0v) is 13.3. The minimum atomic E-state index is -0.630. The quantitative estimate of drug-likeness (QED) is 0.789. The zero-order chi connectivity index (χ0) is 16.5. The van der Waals surface area contributed by atoms with E-state index in [9.17, 15) is 14.0 Å². The normalized spacial score (nSPS) is 17.3. The second-order valence-electron chi connectivity index (χ2n) is 6.22. The zero-order valence-electron chi connectivity index (χ0n) is 13.3. The lowest BCUT2D eigenvalue weighted by Gasteiger charge is -2.47. The molecule has 0 bridgehead atoms. The lowest BCUT2D eigenvalue weighted by atomic mass is 9.97. The fourth-order valence-corrected chi connectivity index (χ4v) is 2.67. The van der Waals surface area contributed by atoms with Crippen molar-refractivity contribution in [1.29, 1.82) is 0 Å². The molecule has 0 radical (unpaired) electrons. The van der Waals surface area contributed by atoms with E-state index in [1.54, 1.807) is 23.9 Å². The average Bonchev–Trinajstić information content (AvgIpc) is 2.45. The highest BCUT2D eigenvalue weighted by Crippen LogP contribution is 2.24. The molecule has 7 heteroatoms. The van der Waals surface area contributed by atoms with Gasteiger partial charge in [-0.25, -0.2) is 9.18 Å². The lowest BCUT2D eigenvalue weighted by Crippen LogP contribution is -2.63. The molecule has 0 aliphatic carbocycles. The Hall–Kier alpha value is -2.18. The molecule has 1 fully saturated rings. The summed E-state index contributed by atoms with van der Waals surface area (Å²) in [6.07, 6.45) is 2.43. The van der Waals surface area contributed by atoms with Crippen molar-refractivity contribution in [3.63, 3.8) is 0 Å². The Labute approximate surface area is 129 Å².